The van der Waals surface area contributed by atoms with Gasteiger partial charge in [0.15, 0.2) is 0 Å². The van der Waals surface area contributed by atoms with Crippen LogP contribution in [0.15, 0.2) is 27.8 Å². The molecule has 0 spiro atoms. The molecule has 0 unspecified atom stereocenters. The second-order valence-electron chi connectivity index (χ2n) is 3.18. The molecule has 0 radical (unpaired) electrons. The van der Waals surface area contributed by atoms with Gasteiger partial charge in [-0.05, 0) is 22.0 Å². The Bertz CT molecular complexity index is 495. The highest BCUT2D eigenvalue weighted by Crippen LogP contribution is 2.16. The van der Waals surface area contributed by atoms with Crippen molar-refractivity contribution in [2.75, 3.05) is 13.2 Å². The standard InChI is InChI=1S/C8H9BrF2N2O3S/c9-6-1-7(3-12-2-6)17(15,16)13-4-8(10,11)5-14/h1-3,13-14H,4-5H2. The second-order valence-corrected chi connectivity index (χ2v) is 5.86. The van der Waals surface area contributed by atoms with Gasteiger partial charge in [0.1, 0.15) is 11.5 Å². The molecule has 0 aromatic carbocycles. The summed E-state index contributed by atoms with van der Waals surface area (Å²) in [4.78, 5) is 3.38. The second kappa shape index (κ2) is 5.34. The molecule has 0 fully saturated rings. The first-order valence-corrected chi connectivity index (χ1v) is 6.63. The highest BCUT2D eigenvalue weighted by Gasteiger charge is 2.30. The Kier molecular flexibility index (Phi) is 4.53. The van der Waals surface area contributed by atoms with Crippen LogP contribution in [0.3, 0.4) is 0 Å². The summed E-state index contributed by atoms with van der Waals surface area (Å²) in [6.45, 7) is -2.59. The summed E-state index contributed by atoms with van der Waals surface area (Å²) in [6.07, 6.45) is 2.39. The average molecular weight is 331 g/mol. The maximum Gasteiger partial charge on any atom is 0.283 e. The lowest BCUT2D eigenvalue weighted by Crippen LogP contribution is -2.38. The molecule has 5 nitrogen and oxygen atoms in total. The number of rotatable bonds is 5. The topological polar surface area (TPSA) is 79.3 Å². The van der Waals surface area contributed by atoms with E-state index in [1.54, 1.807) is 4.72 Å². The molecule has 0 aliphatic rings. The molecular formula is C8H9BrF2N2O3S. The van der Waals surface area contributed by atoms with E-state index < -0.39 is 29.1 Å². The maximum absolute atomic E-state index is 12.7. The van der Waals surface area contributed by atoms with Gasteiger partial charge in [-0.25, -0.2) is 21.9 Å². The number of hydrogen-bond donors (Lipinski definition) is 2. The number of pyridine rings is 1. The number of aliphatic hydroxyl groups is 1. The predicted molar refractivity (Wildman–Crippen MR) is 59.2 cm³/mol. The van der Waals surface area contributed by atoms with E-state index >= 15 is 0 Å². The highest BCUT2D eigenvalue weighted by molar-refractivity contribution is 9.10. The zero-order valence-corrected chi connectivity index (χ0v) is 10.8. The van der Waals surface area contributed by atoms with Crippen LogP contribution in [0.25, 0.3) is 0 Å². The molecule has 1 aromatic heterocycles. The number of sulfonamides is 1. The smallest absolute Gasteiger partial charge is 0.283 e. The minimum Gasteiger partial charge on any atom is -0.390 e. The Labute approximate surface area is 105 Å². The highest BCUT2D eigenvalue weighted by atomic mass is 79.9. The van der Waals surface area contributed by atoms with Gasteiger partial charge in [0, 0.05) is 16.9 Å². The Balaban J connectivity index is 2.83. The van der Waals surface area contributed by atoms with Crippen LogP contribution >= 0.6 is 15.9 Å². The number of alkyl halides is 2. The lowest BCUT2D eigenvalue weighted by Gasteiger charge is -2.14. The van der Waals surface area contributed by atoms with Crippen molar-refractivity contribution in [3.05, 3.63) is 22.9 Å². The molecule has 1 aromatic rings. The van der Waals surface area contributed by atoms with Crippen molar-refractivity contribution < 1.29 is 22.3 Å². The summed E-state index contributed by atoms with van der Waals surface area (Å²) in [5.74, 6) is -3.49. The maximum atomic E-state index is 12.7. The molecular weight excluding hydrogens is 322 g/mol. The van der Waals surface area contributed by atoms with E-state index in [4.69, 9.17) is 5.11 Å². The van der Waals surface area contributed by atoms with Crippen LogP contribution in [-0.4, -0.2) is 37.6 Å². The Morgan fingerprint density at radius 3 is 2.65 bits per heavy atom. The quantitative estimate of drug-likeness (QED) is 0.835. The Morgan fingerprint density at radius 1 is 1.47 bits per heavy atom. The number of halogens is 3. The molecule has 0 amide bonds. The summed E-state index contributed by atoms with van der Waals surface area (Å²) < 4.78 is 50.6. The van der Waals surface area contributed by atoms with E-state index in [2.05, 4.69) is 20.9 Å². The molecule has 9 heteroatoms. The molecule has 17 heavy (non-hydrogen) atoms. The molecule has 0 aliphatic carbocycles. The first kappa shape index (κ1) is 14.4. The van der Waals surface area contributed by atoms with Crippen LogP contribution in [0, 0.1) is 0 Å². The van der Waals surface area contributed by atoms with Crippen molar-refractivity contribution in [2.45, 2.75) is 10.8 Å². The van der Waals surface area contributed by atoms with Crippen molar-refractivity contribution in [1.29, 1.82) is 0 Å². The molecule has 1 rings (SSSR count). The Morgan fingerprint density at radius 2 is 2.12 bits per heavy atom. The molecule has 96 valence electrons. The zero-order valence-electron chi connectivity index (χ0n) is 8.40. The molecule has 0 saturated heterocycles. The van der Waals surface area contributed by atoms with E-state index in [1.807, 2.05) is 0 Å². The van der Waals surface area contributed by atoms with Gasteiger partial charge < -0.3 is 5.11 Å². The number of aliphatic hydroxyl groups excluding tert-OH is 1. The minimum absolute atomic E-state index is 0.236. The number of hydrogen-bond acceptors (Lipinski definition) is 4. The van der Waals surface area contributed by atoms with E-state index in [-0.39, 0.29) is 4.90 Å². The molecule has 0 aliphatic heterocycles. The third kappa shape index (κ3) is 4.26. The summed E-state index contributed by atoms with van der Waals surface area (Å²) in [5.41, 5.74) is 0. The largest absolute Gasteiger partial charge is 0.390 e. The van der Waals surface area contributed by atoms with Crippen LogP contribution in [-0.2, 0) is 10.0 Å². The normalized spacial score (nSPS) is 12.7. The summed E-state index contributed by atoms with van der Waals surface area (Å²) in [6, 6.07) is 1.23. The minimum atomic E-state index is -4.06. The van der Waals surface area contributed by atoms with Crippen LogP contribution in [0.5, 0.6) is 0 Å². The molecule has 1 heterocycles. The molecule has 2 N–H and O–H groups in total. The molecule has 0 saturated carbocycles. The number of aromatic nitrogens is 1. The van der Waals surface area contributed by atoms with Crippen LogP contribution in [0.2, 0.25) is 0 Å². The van der Waals surface area contributed by atoms with Crippen LogP contribution in [0.1, 0.15) is 0 Å². The lowest BCUT2D eigenvalue weighted by molar-refractivity contribution is -0.0437. The van der Waals surface area contributed by atoms with Gasteiger partial charge in [0.25, 0.3) is 5.92 Å². The molecule has 0 bridgehead atoms. The van der Waals surface area contributed by atoms with E-state index in [0.29, 0.717) is 4.47 Å². The average Bonchev–Trinajstić information content (AvgIpc) is 2.27. The fourth-order valence-electron chi connectivity index (χ4n) is 0.879. The molecule has 0 atom stereocenters. The first-order chi connectivity index (χ1) is 7.77. The van der Waals surface area contributed by atoms with E-state index in [0.717, 1.165) is 6.20 Å². The van der Waals surface area contributed by atoms with Gasteiger partial charge >= 0.3 is 0 Å². The third-order valence-corrected chi connectivity index (χ3v) is 3.54. The predicted octanol–water partition coefficient (Wildman–Crippen LogP) is 0.750. The van der Waals surface area contributed by atoms with E-state index in [1.165, 1.54) is 12.3 Å². The summed E-state index contributed by atoms with van der Waals surface area (Å²) in [7, 11) is -4.06. The van der Waals surface area contributed by atoms with Crippen LogP contribution in [0.4, 0.5) is 8.78 Å². The van der Waals surface area contributed by atoms with Gasteiger partial charge in [-0.3, -0.25) is 4.98 Å². The fourth-order valence-corrected chi connectivity index (χ4v) is 2.45. The van der Waals surface area contributed by atoms with Crippen molar-refractivity contribution in [3.63, 3.8) is 0 Å². The first-order valence-electron chi connectivity index (χ1n) is 4.36. The third-order valence-electron chi connectivity index (χ3n) is 1.74. The summed E-state index contributed by atoms with van der Waals surface area (Å²) in [5, 5.41) is 8.30. The van der Waals surface area contributed by atoms with Crippen molar-refractivity contribution in [3.8, 4) is 0 Å². The SMILES string of the molecule is O=S(=O)(NCC(F)(F)CO)c1cncc(Br)c1. The van der Waals surface area contributed by atoms with Crippen molar-refractivity contribution in [2.24, 2.45) is 0 Å². The van der Waals surface area contributed by atoms with Gasteiger partial charge in [0.2, 0.25) is 10.0 Å². The Hall–Kier alpha value is -0.640. The van der Waals surface area contributed by atoms with Gasteiger partial charge in [-0.1, -0.05) is 0 Å². The van der Waals surface area contributed by atoms with Gasteiger partial charge in [-0.2, -0.15) is 0 Å². The zero-order chi connectivity index (χ0) is 13.1. The van der Waals surface area contributed by atoms with Crippen molar-refractivity contribution in [1.82, 2.24) is 9.71 Å². The summed E-state index contributed by atoms with van der Waals surface area (Å²) >= 11 is 3.02. The van der Waals surface area contributed by atoms with Gasteiger partial charge in [0.05, 0.1) is 6.54 Å². The lowest BCUT2D eigenvalue weighted by atomic mass is 10.4. The van der Waals surface area contributed by atoms with E-state index in [9.17, 15) is 17.2 Å². The van der Waals surface area contributed by atoms with Crippen molar-refractivity contribution >= 4 is 26.0 Å². The van der Waals surface area contributed by atoms with Gasteiger partial charge in [-0.15, -0.1) is 0 Å². The monoisotopic (exact) mass is 330 g/mol. The fraction of sp³-hybridized carbons (Fsp3) is 0.375. The number of nitrogens with zero attached hydrogens (tertiary/aromatic N) is 1. The van der Waals surface area contributed by atoms with Crippen LogP contribution < -0.4 is 4.72 Å². The number of nitrogens with one attached hydrogen (secondary N) is 1.